The lowest BCUT2D eigenvalue weighted by Crippen LogP contribution is -2.48. The van der Waals surface area contributed by atoms with Gasteiger partial charge in [0.2, 0.25) is 11.8 Å². The quantitative estimate of drug-likeness (QED) is 0.563. The fraction of sp³-hybridized carbons (Fsp3) is 0.364. The average molecular weight is 435 g/mol. The number of rotatable bonds is 10. The lowest BCUT2D eigenvalue weighted by molar-refractivity contribution is -0.140. The Labute approximate surface area is 181 Å². The molecule has 29 heavy (non-hydrogen) atoms. The van der Waals surface area contributed by atoms with Crippen molar-refractivity contribution in [1.29, 1.82) is 0 Å². The van der Waals surface area contributed by atoms with Gasteiger partial charge in [-0.1, -0.05) is 30.7 Å². The molecule has 2 rings (SSSR count). The van der Waals surface area contributed by atoms with E-state index in [9.17, 15) is 9.59 Å². The minimum absolute atomic E-state index is 0.0438. The van der Waals surface area contributed by atoms with E-state index in [2.05, 4.69) is 5.32 Å². The van der Waals surface area contributed by atoms with Gasteiger partial charge in [-0.3, -0.25) is 9.59 Å². The van der Waals surface area contributed by atoms with E-state index in [0.29, 0.717) is 30.2 Å². The van der Waals surface area contributed by atoms with Crippen molar-refractivity contribution in [2.24, 2.45) is 0 Å². The van der Waals surface area contributed by atoms with Crippen LogP contribution in [0.1, 0.15) is 25.3 Å². The number of carbonyl (C=O) groups excluding carboxylic acids is 2. The Morgan fingerprint density at radius 1 is 1.14 bits per heavy atom. The van der Waals surface area contributed by atoms with Gasteiger partial charge in [-0.25, -0.2) is 0 Å². The number of thioether (sulfide) groups is 1. The molecule has 0 saturated heterocycles. The molecular weight excluding hydrogens is 408 g/mol. The summed E-state index contributed by atoms with van der Waals surface area (Å²) >= 11 is 7.51. The van der Waals surface area contributed by atoms with Gasteiger partial charge in [-0.2, -0.15) is 0 Å². The molecule has 0 spiro atoms. The highest BCUT2D eigenvalue weighted by Crippen LogP contribution is 2.22. The maximum atomic E-state index is 13.0. The van der Waals surface area contributed by atoms with E-state index in [1.165, 1.54) is 0 Å². The molecule has 5 nitrogen and oxygen atoms in total. The van der Waals surface area contributed by atoms with Crippen LogP contribution in [-0.4, -0.2) is 42.7 Å². The van der Waals surface area contributed by atoms with Gasteiger partial charge in [0.25, 0.3) is 0 Å². The third-order valence-electron chi connectivity index (χ3n) is 4.54. The SMILES string of the molecule is CCC(C(=O)NC)N(Cc1ccc(OC)cc1)C(=O)CCSc1ccc(Cl)cc1. The van der Waals surface area contributed by atoms with Crippen LogP contribution in [0, 0.1) is 0 Å². The molecule has 0 aliphatic rings. The normalized spacial score (nSPS) is 11.6. The fourth-order valence-corrected chi connectivity index (χ4v) is 3.91. The smallest absolute Gasteiger partial charge is 0.242 e. The summed E-state index contributed by atoms with van der Waals surface area (Å²) in [6.45, 7) is 2.29. The maximum Gasteiger partial charge on any atom is 0.242 e. The number of amides is 2. The first-order chi connectivity index (χ1) is 14.0. The van der Waals surface area contributed by atoms with Gasteiger partial charge in [0, 0.05) is 35.7 Å². The summed E-state index contributed by atoms with van der Waals surface area (Å²) in [5, 5.41) is 3.36. The van der Waals surface area contributed by atoms with Crippen LogP contribution >= 0.6 is 23.4 Å². The molecule has 2 amide bonds. The molecule has 2 aromatic carbocycles. The lowest BCUT2D eigenvalue weighted by atomic mass is 10.1. The van der Waals surface area contributed by atoms with Crippen LogP contribution in [-0.2, 0) is 16.1 Å². The molecule has 0 aliphatic heterocycles. The van der Waals surface area contributed by atoms with E-state index in [-0.39, 0.29) is 11.8 Å². The van der Waals surface area contributed by atoms with Crippen LogP contribution in [0.5, 0.6) is 5.75 Å². The lowest BCUT2D eigenvalue weighted by Gasteiger charge is -2.30. The number of nitrogens with one attached hydrogen (secondary N) is 1. The third kappa shape index (κ3) is 6.98. The topological polar surface area (TPSA) is 58.6 Å². The zero-order chi connectivity index (χ0) is 21.2. The number of likely N-dealkylation sites (N-methyl/N-ethyl adjacent to an activating group) is 1. The van der Waals surface area contributed by atoms with Crippen molar-refractivity contribution in [1.82, 2.24) is 10.2 Å². The van der Waals surface area contributed by atoms with Crippen molar-refractivity contribution in [3.8, 4) is 5.75 Å². The Bertz CT molecular complexity index is 797. The molecule has 0 aliphatic carbocycles. The third-order valence-corrected chi connectivity index (χ3v) is 5.81. The number of hydrogen-bond acceptors (Lipinski definition) is 4. The molecule has 0 aromatic heterocycles. The van der Waals surface area contributed by atoms with E-state index >= 15 is 0 Å². The van der Waals surface area contributed by atoms with E-state index in [1.807, 2.05) is 55.5 Å². The molecule has 0 radical (unpaired) electrons. The molecule has 2 aromatic rings. The number of methoxy groups -OCH3 is 1. The Balaban J connectivity index is 2.08. The van der Waals surface area contributed by atoms with Crippen molar-refractivity contribution in [2.75, 3.05) is 19.9 Å². The fourth-order valence-electron chi connectivity index (χ4n) is 2.94. The summed E-state index contributed by atoms with van der Waals surface area (Å²) in [5.74, 6) is 1.19. The highest BCUT2D eigenvalue weighted by atomic mass is 35.5. The first kappa shape index (κ1) is 23.1. The van der Waals surface area contributed by atoms with Crippen LogP contribution in [0.3, 0.4) is 0 Å². The number of ether oxygens (including phenoxy) is 1. The van der Waals surface area contributed by atoms with Crippen LogP contribution in [0.4, 0.5) is 0 Å². The van der Waals surface area contributed by atoms with Gasteiger partial charge in [0.05, 0.1) is 7.11 Å². The molecule has 1 unspecified atom stereocenters. The second kappa shape index (κ2) is 11.7. The first-order valence-corrected chi connectivity index (χ1v) is 10.9. The van der Waals surface area contributed by atoms with Gasteiger partial charge < -0.3 is 15.0 Å². The zero-order valence-corrected chi connectivity index (χ0v) is 18.6. The summed E-state index contributed by atoms with van der Waals surface area (Å²) in [4.78, 5) is 28.1. The second-order valence-electron chi connectivity index (χ2n) is 6.46. The Morgan fingerprint density at radius 3 is 2.34 bits per heavy atom. The van der Waals surface area contributed by atoms with E-state index in [0.717, 1.165) is 16.2 Å². The van der Waals surface area contributed by atoms with Gasteiger partial charge >= 0.3 is 0 Å². The molecule has 7 heteroatoms. The Kier molecular flexibility index (Phi) is 9.35. The van der Waals surface area contributed by atoms with Crippen molar-refractivity contribution < 1.29 is 14.3 Å². The Hall–Kier alpha value is -2.18. The first-order valence-electron chi connectivity index (χ1n) is 9.50. The molecule has 0 heterocycles. The Morgan fingerprint density at radius 2 is 1.79 bits per heavy atom. The minimum atomic E-state index is -0.505. The van der Waals surface area contributed by atoms with Crippen LogP contribution in [0.2, 0.25) is 5.02 Å². The number of nitrogens with zero attached hydrogens (tertiary/aromatic N) is 1. The number of benzene rings is 2. The predicted octanol–water partition coefficient (Wildman–Crippen LogP) is 4.38. The van der Waals surface area contributed by atoms with Crippen LogP contribution in [0.25, 0.3) is 0 Å². The van der Waals surface area contributed by atoms with Gasteiger partial charge in [-0.15, -0.1) is 11.8 Å². The van der Waals surface area contributed by atoms with E-state index in [1.54, 1.807) is 30.8 Å². The van der Waals surface area contributed by atoms with Crippen molar-refractivity contribution in [3.63, 3.8) is 0 Å². The zero-order valence-electron chi connectivity index (χ0n) is 17.0. The highest BCUT2D eigenvalue weighted by Gasteiger charge is 2.27. The van der Waals surface area contributed by atoms with Gasteiger partial charge in [0.15, 0.2) is 0 Å². The largest absolute Gasteiger partial charge is 0.497 e. The number of carbonyl (C=O) groups is 2. The van der Waals surface area contributed by atoms with Crippen molar-refractivity contribution >= 4 is 35.2 Å². The molecule has 0 saturated carbocycles. The van der Waals surface area contributed by atoms with Crippen LogP contribution < -0.4 is 10.1 Å². The van der Waals surface area contributed by atoms with Crippen LogP contribution in [0.15, 0.2) is 53.4 Å². The molecule has 1 atom stereocenters. The van der Waals surface area contributed by atoms with Gasteiger partial charge in [-0.05, 0) is 48.4 Å². The minimum Gasteiger partial charge on any atom is -0.497 e. The molecule has 1 N–H and O–H groups in total. The standard InChI is InChI=1S/C22H27ClN2O3S/c1-4-20(22(27)24-2)25(15-16-5-9-18(28-3)10-6-16)21(26)13-14-29-19-11-7-17(23)8-12-19/h5-12,20H,4,13-15H2,1-3H3,(H,24,27). The number of halogens is 1. The van der Waals surface area contributed by atoms with Gasteiger partial charge in [0.1, 0.15) is 11.8 Å². The summed E-state index contributed by atoms with van der Waals surface area (Å²) < 4.78 is 5.19. The maximum absolute atomic E-state index is 13.0. The number of hydrogen-bond donors (Lipinski definition) is 1. The molecule has 0 fully saturated rings. The monoisotopic (exact) mass is 434 g/mol. The van der Waals surface area contributed by atoms with E-state index < -0.39 is 6.04 Å². The van der Waals surface area contributed by atoms with Crippen molar-refractivity contribution in [2.45, 2.75) is 37.2 Å². The summed E-state index contributed by atoms with van der Waals surface area (Å²) in [6.07, 6.45) is 0.892. The predicted molar refractivity (Wildman–Crippen MR) is 118 cm³/mol. The molecular formula is C22H27ClN2O3S. The summed E-state index contributed by atoms with van der Waals surface area (Å²) in [6, 6.07) is 14.6. The van der Waals surface area contributed by atoms with E-state index in [4.69, 9.17) is 16.3 Å². The second-order valence-corrected chi connectivity index (χ2v) is 8.07. The molecule has 156 valence electrons. The summed E-state index contributed by atoms with van der Waals surface area (Å²) in [7, 11) is 3.21. The average Bonchev–Trinajstić information content (AvgIpc) is 2.75. The summed E-state index contributed by atoms with van der Waals surface area (Å²) in [5.41, 5.74) is 0.951. The highest BCUT2D eigenvalue weighted by molar-refractivity contribution is 7.99. The van der Waals surface area contributed by atoms with Crippen molar-refractivity contribution in [3.05, 3.63) is 59.1 Å². The molecule has 0 bridgehead atoms.